The van der Waals surface area contributed by atoms with Crippen LogP contribution in [0, 0.1) is 0 Å². The number of methoxy groups -OCH3 is 1. The summed E-state index contributed by atoms with van der Waals surface area (Å²) in [5, 5.41) is 9.88. The zero-order chi connectivity index (χ0) is 12.0. The molecule has 0 aliphatic heterocycles. The number of aliphatic hydroxyl groups is 1. The fourth-order valence-electron chi connectivity index (χ4n) is 1.60. The maximum absolute atomic E-state index is 9.88. The number of ether oxygens (including phenoxy) is 1. The zero-order valence-corrected chi connectivity index (χ0v) is 11.2. The van der Waals surface area contributed by atoms with Crippen LogP contribution in [0.1, 0.15) is 36.4 Å². The van der Waals surface area contributed by atoms with E-state index in [1.54, 1.807) is 7.11 Å². The third-order valence-corrected chi connectivity index (χ3v) is 4.06. The van der Waals surface area contributed by atoms with E-state index in [-0.39, 0.29) is 12.2 Å². The van der Waals surface area contributed by atoms with Crippen LogP contribution in [0.5, 0.6) is 0 Å². The van der Waals surface area contributed by atoms with Crippen molar-refractivity contribution in [2.75, 3.05) is 7.11 Å². The summed E-state index contributed by atoms with van der Waals surface area (Å²) in [4.78, 5) is 2.68. The number of rotatable bonds is 7. The molecule has 0 bridgehead atoms. The first-order valence-corrected chi connectivity index (χ1v) is 6.75. The molecule has 0 fully saturated rings. The summed E-state index contributed by atoms with van der Waals surface area (Å²) in [6.07, 6.45) is 3.60. The molecule has 2 atom stereocenters. The van der Waals surface area contributed by atoms with E-state index in [0.717, 1.165) is 25.7 Å². The van der Waals surface area contributed by atoms with E-state index in [1.807, 2.05) is 18.3 Å². The normalized spacial score (nSPS) is 15.0. The Morgan fingerprint density at radius 2 is 2.00 bits per heavy atom. The van der Waals surface area contributed by atoms with Gasteiger partial charge in [-0.1, -0.05) is 6.92 Å². The average molecular weight is 242 g/mol. The number of aryl methyl sites for hydroxylation is 1. The highest BCUT2D eigenvalue weighted by atomic mass is 32.1. The number of aliphatic hydroxyl groups excluding tert-OH is 1. The van der Waals surface area contributed by atoms with Crippen molar-refractivity contribution in [1.29, 1.82) is 0 Å². The molecule has 0 saturated carbocycles. The van der Waals surface area contributed by atoms with Crippen molar-refractivity contribution in [1.82, 2.24) is 0 Å². The van der Waals surface area contributed by atoms with Crippen LogP contribution in [0.2, 0.25) is 0 Å². The predicted molar refractivity (Wildman–Crippen MR) is 69.1 cm³/mol. The van der Waals surface area contributed by atoms with Crippen LogP contribution in [-0.4, -0.2) is 24.4 Å². The lowest BCUT2D eigenvalue weighted by Gasteiger charge is -2.12. The molecule has 0 amide bonds. The first kappa shape index (κ1) is 13.7. The van der Waals surface area contributed by atoms with Crippen LogP contribution in [0.25, 0.3) is 0 Å². The summed E-state index contributed by atoms with van der Waals surface area (Å²) in [7, 11) is 1.71. The van der Waals surface area contributed by atoms with Crippen molar-refractivity contribution in [2.24, 2.45) is 0 Å². The Morgan fingerprint density at radius 1 is 1.31 bits per heavy atom. The van der Waals surface area contributed by atoms with Gasteiger partial charge in [0.25, 0.3) is 0 Å². The lowest BCUT2D eigenvalue weighted by atomic mass is 10.1. The van der Waals surface area contributed by atoms with E-state index in [1.165, 1.54) is 9.75 Å². The molecule has 3 heteroatoms. The van der Waals surface area contributed by atoms with Crippen molar-refractivity contribution < 1.29 is 9.84 Å². The van der Waals surface area contributed by atoms with Gasteiger partial charge in [0.05, 0.1) is 12.2 Å². The monoisotopic (exact) mass is 242 g/mol. The highest BCUT2D eigenvalue weighted by molar-refractivity contribution is 7.11. The molecule has 2 unspecified atom stereocenters. The predicted octanol–water partition coefficient (Wildman–Crippen LogP) is 3.03. The Bertz CT molecular complexity index is 296. The second kappa shape index (κ2) is 7.05. The van der Waals surface area contributed by atoms with Crippen LogP contribution in [0.15, 0.2) is 12.1 Å². The minimum Gasteiger partial charge on any atom is -0.393 e. The quantitative estimate of drug-likeness (QED) is 0.796. The molecule has 0 saturated heterocycles. The van der Waals surface area contributed by atoms with Gasteiger partial charge >= 0.3 is 0 Å². The van der Waals surface area contributed by atoms with E-state index in [4.69, 9.17) is 4.74 Å². The summed E-state index contributed by atoms with van der Waals surface area (Å²) >= 11 is 1.81. The third-order valence-electron chi connectivity index (χ3n) is 2.81. The molecule has 2 nitrogen and oxygen atoms in total. The van der Waals surface area contributed by atoms with Gasteiger partial charge in [-0.3, -0.25) is 0 Å². The SMILES string of the molecule is CCc1ccc(CC(O)CCC(C)OC)s1. The van der Waals surface area contributed by atoms with Crippen molar-refractivity contribution in [3.63, 3.8) is 0 Å². The molecular weight excluding hydrogens is 220 g/mol. The summed E-state index contributed by atoms with van der Waals surface area (Å²) in [5.41, 5.74) is 0. The summed E-state index contributed by atoms with van der Waals surface area (Å²) in [6, 6.07) is 4.29. The van der Waals surface area contributed by atoms with Crippen LogP contribution in [0.3, 0.4) is 0 Å². The van der Waals surface area contributed by atoms with Crippen molar-refractivity contribution in [2.45, 2.75) is 51.7 Å². The van der Waals surface area contributed by atoms with E-state index in [9.17, 15) is 5.11 Å². The Labute approximate surface area is 102 Å². The number of hydrogen-bond donors (Lipinski definition) is 1. The van der Waals surface area contributed by atoms with Gasteiger partial charge in [-0.25, -0.2) is 0 Å². The molecule has 0 aromatic carbocycles. The van der Waals surface area contributed by atoms with Gasteiger partial charge in [0.15, 0.2) is 0 Å². The molecule has 0 spiro atoms. The molecular formula is C13H22O2S. The summed E-state index contributed by atoms with van der Waals surface area (Å²) < 4.78 is 5.16. The van der Waals surface area contributed by atoms with Crippen LogP contribution in [0.4, 0.5) is 0 Å². The van der Waals surface area contributed by atoms with Crippen LogP contribution >= 0.6 is 11.3 Å². The van der Waals surface area contributed by atoms with Crippen molar-refractivity contribution in [3.8, 4) is 0 Å². The van der Waals surface area contributed by atoms with Gasteiger partial charge in [-0.05, 0) is 38.3 Å². The van der Waals surface area contributed by atoms with Crippen LogP contribution in [-0.2, 0) is 17.6 Å². The molecule has 1 heterocycles. The standard InChI is InChI=1S/C13H22O2S/c1-4-12-7-8-13(16-12)9-11(14)6-5-10(2)15-3/h7-8,10-11,14H,4-6,9H2,1-3H3. The molecule has 0 aliphatic carbocycles. The van der Waals surface area contributed by atoms with Gasteiger partial charge in [-0.15, -0.1) is 11.3 Å². The second-order valence-electron chi connectivity index (χ2n) is 4.20. The van der Waals surface area contributed by atoms with Gasteiger partial charge < -0.3 is 9.84 Å². The summed E-state index contributed by atoms with van der Waals surface area (Å²) in [5.74, 6) is 0. The molecule has 1 N–H and O–H groups in total. The van der Waals surface area contributed by atoms with Gasteiger partial charge in [0.2, 0.25) is 0 Å². The molecule has 1 aromatic rings. The number of hydrogen-bond acceptors (Lipinski definition) is 3. The van der Waals surface area contributed by atoms with E-state index in [2.05, 4.69) is 19.1 Å². The molecule has 16 heavy (non-hydrogen) atoms. The Morgan fingerprint density at radius 3 is 2.56 bits per heavy atom. The molecule has 0 radical (unpaired) electrons. The van der Waals surface area contributed by atoms with Crippen molar-refractivity contribution >= 4 is 11.3 Å². The lowest BCUT2D eigenvalue weighted by molar-refractivity contribution is 0.0854. The number of thiophene rings is 1. The van der Waals surface area contributed by atoms with Gasteiger partial charge in [0, 0.05) is 23.3 Å². The summed E-state index contributed by atoms with van der Waals surface area (Å²) in [6.45, 7) is 4.19. The van der Waals surface area contributed by atoms with Gasteiger partial charge in [0.1, 0.15) is 0 Å². The first-order valence-electron chi connectivity index (χ1n) is 5.94. The fraction of sp³-hybridized carbons (Fsp3) is 0.692. The molecule has 0 aliphatic rings. The van der Waals surface area contributed by atoms with Crippen LogP contribution < -0.4 is 0 Å². The zero-order valence-electron chi connectivity index (χ0n) is 10.4. The lowest BCUT2D eigenvalue weighted by Crippen LogP contribution is -2.14. The smallest absolute Gasteiger partial charge is 0.0589 e. The topological polar surface area (TPSA) is 29.5 Å². The van der Waals surface area contributed by atoms with E-state index >= 15 is 0 Å². The highest BCUT2D eigenvalue weighted by Gasteiger charge is 2.09. The Kier molecular flexibility index (Phi) is 6.03. The van der Waals surface area contributed by atoms with Gasteiger partial charge in [-0.2, -0.15) is 0 Å². The highest BCUT2D eigenvalue weighted by Crippen LogP contribution is 2.19. The minimum atomic E-state index is -0.235. The first-order chi connectivity index (χ1) is 7.65. The molecule has 1 rings (SSSR count). The molecule has 92 valence electrons. The largest absolute Gasteiger partial charge is 0.393 e. The second-order valence-corrected chi connectivity index (χ2v) is 5.46. The van der Waals surface area contributed by atoms with E-state index in [0.29, 0.717) is 0 Å². The molecule has 1 aromatic heterocycles. The third kappa shape index (κ3) is 4.64. The maximum Gasteiger partial charge on any atom is 0.0589 e. The Balaban J connectivity index is 2.30. The van der Waals surface area contributed by atoms with E-state index < -0.39 is 0 Å². The average Bonchev–Trinajstić information content (AvgIpc) is 2.73. The Hall–Kier alpha value is -0.380. The minimum absolute atomic E-state index is 0.235. The maximum atomic E-state index is 9.88. The fourth-order valence-corrected chi connectivity index (χ4v) is 2.63. The van der Waals surface area contributed by atoms with Crippen molar-refractivity contribution in [3.05, 3.63) is 21.9 Å².